The van der Waals surface area contributed by atoms with E-state index in [2.05, 4.69) is 93.1 Å². The second-order valence-corrected chi connectivity index (χ2v) is 23.6. The molecule has 0 radical (unpaired) electrons. The molecule has 0 saturated carbocycles. The van der Waals surface area contributed by atoms with E-state index in [0.717, 1.165) is 22.4 Å². The molecule has 8 nitrogen and oxygen atoms in total. The standard InChI is InChI=1S/C45H51N5O3P4S/c1-6-8-28-45(29-9-7-2)43-30-34(4)12-26-41(43)42-27-19-36(31-44(42)45)14-13-35-15-22-39(23-16-35)52-57(55(54)49-48-46)53-40-24-17-37(18-25-40)32-47-50(5)56(58)51-38-20-10-33(3)11-21-38/h10-27,30-32,56H,6-9,28-29,54H2,1-5H3/b14-13+,47-32+. The molecule has 4 atom stereocenters. The Morgan fingerprint density at radius 2 is 1.26 bits per heavy atom. The molecule has 13 heteroatoms. The molecular formula is C45H51N5O3P4S. The van der Waals surface area contributed by atoms with E-state index in [1.165, 1.54) is 71.9 Å². The number of benzene rings is 5. The molecular weight excluding hydrogens is 814 g/mol. The molecule has 0 saturated heterocycles. The molecule has 0 heterocycles. The molecule has 1 aliphatic carbocycles. The van der Waals surface area contributed by atoms with Gasteiger partial charge in [-0.25, -0.2) is 4.78 Å². The summed E-state index contributed by atoms with van der Waals surface area (Å²) < 4.78 is 20.2. The van der Waals surface area contributed by atoms with Gasteiger partial charge in [0.25, 0.3) is 0 Å². The molecule has 58 heavy (non-hydrogen) atoms. The number of hydrogen-bond acceptors (Lipinski definition) is 6. The van der Waals surface area contributed by atoms with Gasteiger partial charge in [0.1, 0.15) is 24.7 Å². The number of unbranched alkanes of at least 4 members (excludes halogenated alkanes) is 2. The Bertz CT molecular complexity index is 2290. The number of hydrogen-bond donors (Lipinski definition) is 0. The van der Waals surface area contributed by atoms with Crippen LogP contribution in [0.3, 0.4) is 0 Å². The Morgan fingerprint density at radius 1 is 0.741 bits per heavy atom. The Labute approximate surface area is 354 Å². The zero-order valence-electron chi connectivity index (χ0n) is 33.7. The summed E-state index contributed by atoms with van der Waals surface area (Å²) in [6, 6.07) is 37.3. The smallest absolute Gasteiger partial charge is 0.325 e. The third-order valence-electron chi connectivity index (χ3n) is 10.2. The topological polar surface area (TPSA) is 92.0 Å². The number of aryl methyl sites for hydroxylation is 2. The monoisotopic (exact) mass is 865 g/mol. The molecule has 5 aromatic carbocycles. The minimum Gasteiger partial charge on any atom is -0.450 e. The minimum absolute atomic E-state index is 0.0557. The van der Waals surface area contributed by atoms with Crippen molar-refractivity contribution in [2.75, 3.05) is 7.05 Å². The molecule has 0 aliphatic heterocycles. The Kier molecular flexibility index (Phi) is 15.6. The molecule has 0 fully saturated rings. The maximum absolute atomic E-state index is 9.21. The first-order chi connectivity index (χ1) is 28.1. The summed E-state index contributed by atoms with van der Waals surface area (Å²) in [7, 11) is -0.335. The summed E-state index contributed by atoms with van der Waals surface area (Å²) in [5.41, 5.74) is 20.6. The largest absolute Gasteiger partial charge is 0.450 e. The molecule has 300 valence electrons. The predicted molar refractivity (Wildman–Crippen MR) is 255 cm³/mol. The van der Waals surface area contributed by atoms with Gasteiger partial charge in [-0.3, -0.25) is 0 Å². The van der Waals surface area contributed by atoms with Gasteiger partial charge in [-0.1, -0.05) is 137 Å². The zero-order valence-corrected chi connectivity index (χ0v) is 38.5. The number of fused-ring (bicyclic) bond motifs is 3. The first-order valence-electron chi connectivity index (χ1n) is 19.6. The van der Waals surface area contributed by atoms with Gasteiger partial charge in [0.15, 0.2) is 0 Å². The van der Waals surface area contributed by atoms with Crippen LogP contribution in [0.5, 0.6) is 17.2 Å². The molecule has 0 N–H and O–H groups in total. The third-order valence-corrected chi connectivity index (χ3v) is 17.4. The van der Waals surface area contributed by atoms with E-state index < -0.39 is 22.6 Å². The van der Waals surface area contributed by atoms with Crippen LogP contribution in [0.2, 0.25) is 0 Å². The number of nitrogens with zero attached hydrogens (tertiary/aromatic N) is 5. The van der Waals surface area contributed by atoms with E-state index in [-0.39, 0.29) is 5.41 Å². The average Bonchev–Trinajstić information content (AvgIpc) is 3.49. The van der Waals surface area contributed by atoms with Gasteiger partial charge in [-0.15, -0.1) is 0 Å². The molecule has 5 aromatic rings. The van der Waals surface area contributed by atoms with E-state index in [1.54, 1.807) is 11.0 Å². The normalized spacial score (nSPS) is 14.3. The number of rotatable bonds is 19. The van der Waals surface area contributed by atoms with Gasteiger partial charge in [0, 0.05) is 17.4 Å². The SMILES string of the molecule is CCCCC1(CCCC)c2cc(C)ccc2-c2ccc(/C=C/c3ccc(OP(Oc4ccc(/C=N/N(C)[PH](=S)Oc5ccc(C)cc5)cc4)P(P)N=[N+]=[N-])cc3)cc21. The predicted octanol–water partition coefficient (Wildman–Crippen LogP) is 15.2. The van der Waals surface area contributed by atoms with Crippen molar-refractivity contribution in [2.45, 2.75) is 71.6 Å². The van der Waals surface area contributed by atoms with Crippen LogP contribution in [0.1, 0.15) is 91.3 Å². The van der Waals surface area contributed by atoms with E-state index in [0.29, 0.717) is 11.5 Å². The summed E-state index contributed by atoms with van der Waals surface area (Å²) in [5.74, 6) is 1.96. The fraction of sp³-hybridized carbons (Fsp3) is 0.267. The highest BCUT2D eigenvalue weighted by Crippen LogP contribution is 2.75. The molecule has 0 amide bonds. The molecule has 1 aliphatic rings. The van der Waals surface area contributed by atoms with Crippen molar-refractivity contribution in [3.05, 3.63) is 159 Å². The van der Waals surface area contributed by atoms with Crippen LogP contribution in [-0.2, 0) is 17.2 Å². The van der Waals surface area contributed by atoms with Crippen molar-refractivity contribution >= 4 is 61.7 Å². The Balaban J connectivity index is 1.11. The van der Waals surface area contributed by atoms with Crippen molar-refractivity contribution in [1.29, 1.82) is 0 Å². The van der Waals surface area contributed by atoms with Crippen LogP contribution in [0.25, 0.3) is 33.7 Å². The van der Waals surface area contributed by atoms with E-state index in [4.69, 9.17) is 25.4 Å². The second-order valence-electron chi connectivity index (χ2n) is 14.5. The quantitative estimate of drug-likeness (QED) is 0.0157. The molecule has 0 bridgehead atoms. The maximum Gasteiger partial charge on any atom is 0.325 e. The van der Waals surface area contributed by atoms with E-state index in [1.807, 2.05) is 86.8 Å². The van der Waals surface area contributed by atoms with Crippen molar-refractivity contribution in [1.82, 2.24) is 4.78 Å². The van der Waals surface area contributed by atoms with Crippen LogP contribution in [0.4, 0.5) is 0 Å². The second kappa shape index (κ2) is 20.8. The highest BCUT2D eigenvalue weighted by Gasteiger charge is 2.42. The summed E-state index contributed by atoms with van der Waals surface area (Å²) in [5, 5.41) is 4.50. The summed E-state index contributed by atoms with van der Waals surface area (Å²) in [6.45, 7) is 8.84. The lowest BCUT2D eigenvalue weighted by Gasteiger charge is -2.33. The van der Waals surface area contributed by atoms with Gasteiger partial charge >= 0.3 is 8.06 Å². The summed E-state index contributed by atoms with van der Waals surface area (Å²) in [6.07, 6.45) is 13.2. The number of hydrazone groups is 1. The zero-order chi connectivity index (χ0) is 41.1. The number of azide groups is 1. The first kappa shape index (κ1) is 43.5. The van der Waals surface area contributed by atoms with Crippen LogP contribution in [-0.4, -0.2) is 18.0 Å². The van der Waals surface area contributed by atoms with Crippen LogP contribution >= 0.6 is 31.5 Å². The highest BCUT2D eigenvalue weighted by atomic mass is 32.4. The highest BCUT2D eigenvalue weighted by molar-refractivity contribution is 8.50. The maximum atomic E-state index is 9.21. The Morgan fingerprint density at radius 3 is 1.86 bits per heavy atom. The van der Waals surface area contributed by atoms with Crippen molar-refractivity contribution in [2.24, 2.45) is 9.99 Å². The van der Waals surface area contributed by atoms with E-state index >= 15 is 0 Å². The van der Waals surface area contributed by atoms with Crippen LogP contribution in [0, 0.1) is 13.8 Å². The lowest BCUT2D eigenvalue weighted by atomic mass is 9.70. The Hall–Kier alpha value is -4.04. The van der Waals surface area contributed by atoms with Gasteiger partial charge in [0.2, 0.25) is 7.07 Å². The van der Waals surface area contributed by atoms with Gasteiger partial charge in [-0.2, -0.15) is 5.10 Å². The molecule has 6 rings (SSSR count). The van der Waals surface area contributed by atoms with Crippen molar-refractivity contribution in [3.8, 4) is 28.4 Å². The van der Waals surface area contributed by atoms with Gasteiger partial charge in [-0.05, 0) is 132 Å². The van der Waals surface area contributed by atoms with E-state index in [9.17, 15) is 5.53 Å². The molecule has 0 aromatic heterocycles. The lowest BCUT2D eigenvalue weighted by molar-refractivity contribution is 0.414. The van der Waals surface area contributed by atoms with Crippen molar-refractivity contribution < 1.29 is 13.6 Å². The fourth-order valence-corrected chi connectivity index (χ4v) is 11.5. The van der Waals surface area contributed by atoms with Crippen LogP contribution in [0.15, 0.2) is 119 Å². The summed E-state index contributed by atoms with van der Waals surface area (Å²) >= 11 is 5.58. The van der Waals surface area contributed by atoms with Gasteiger partial charge in [0.05, 0.1) is 6.21 Å². The molecule has 0 spiro atoms. The van der Waals surface area contributed by atoms with Gasteiger partial charge < -0.3 is 13.6 Å². The van der Waals surface area contributed by atoms with Crippen LogP contribution < -0.4 is 13.6 Å². The average molecular weight is 866 g/mol. The van der Waals surface area contributed by atoms with Crippen molar-refractivity contribution in [3.63, 3.8) is 0 Å². The summed E-state index contributed by atoms with van der Waals surface area (Å²) in [4.78, 5) is 6.95. The third kappa shape index (κ3) is 11.0. The molecule has 4 unspecified atom stereocenters. The first-order valence-corrected chi connectivity index (χ1v) is 26.9. The fourth-order valence-electron chi connectivity index (χ4n) is 7.13. The minimum atomic E-state index is -1.77. The lowest BCUT2D eigenvalue weighted by Crippen LogP contribution is -2.25.